The summed E-state index contributed by atoms with van der Waals surface area (Å²) in [6.07, 6.45) is 4.26. The molecule has 1 amide bonds. The number of carbonyl (C=O) groups excluding carboxylic acids is 1. The van der Waals surface area contributed by atoms with Crippen molar-refractivity contribution in [1.82, 2.24) is 4.90 Å². The average Bonchev–Trinajstić information content (AvgIpc) is 3.51. The molecule has 0 radical (unpaired) electrons. The average molecular weight is 708 g/mol. The maximum absolute atomic E-state index is 13.7. The summed E-state index contributed by atoms with van der Waals surface area (Å²) in [7, 11) is 0. The molecule has 0 spiro atoms. The molecule has 4 aromatic carbocycles. The van der Waals surface area contributed by atoms with Gasteiger partial charge in [0, 0.05) is 39.0 Å². The van der Waals surface area contributed by atoms with Gasteiger partial charge < -0.3 is 15.2 Å². The number of hydrogen-bond acceptors (Lipinski definition) is 4. The van der Waals surface area contributed by atoms with Gasteiger partial charge in [0.15, 0.2) is 6.04 Å². The van der Waals surface area contributed by atoms with Crippen LogP contribution in [0.4, 0.5) is 5.69 Å². The number of benzene rings is 4. The number of aryl methyl sites for hydroxylation is 1. The number of aliphatic imine (C=N–C) groups is 1. The van der Waals surface area contributed by atoms with E-state index in [1.54, 1.807) is 0 Å². The van der Waals surface area contributed by atoms with Crippen molar-refractivity contribution in [1.29, 1.82) is 0 Å². The van der Waals surface area contributed by atoms with Gasteiger partial charge in [0.25, 0.3) is 0 Å². The minimum atomic E-state index is -1.00. The molecule has 1 fully saturated rings. The number of para-hydroxylation sites is 1. The number of rotatable bonds is 9. The van der Waals surface area contributed by atoms with Crippen molar-refractivity contribution < 1.29 is 31.2 Å². The Hall–Kier alpha value is -3.58. The smallest absolute Gasteiger partial charge is 0.329 e. The summed E-state index contributed by atoms with van der Waals surface area (Å²) in [4.78, 5) is 33.9. The van der Waals surface area contributed by atoms with E-state index in [0.29, 0.717) is 23.5 Å². The zero-order valence-corrected chi connectivity index (χ0v) is 27.4. The van der Waals surface area contributed by atoms with Gasteiger partial charge in [0.1, 0.15) is 0 Å². The molecular weight excluding hydrogens is 673 g/mol. The van der Waals surface area contributed by atoms with Gasteiger partial charge in [0.05, 0.1) is 17.7 Å². The first-order chi connectivity index (χ1) is 21.5. The first-order valence-corrected chi connectivity index (χ1v) is 16.0. The number of hydrogen-bond donors (Lipinski definition) is 1. The van der Waals surface area contributed by atoms with Gasteiger partial charge in [0.2, 0.25) is 0 Å². The van der Waals surface area contributed by atoms with Crippen molar-refractivity contribution in [3.05, 3.63) is 141 Å². The molecule has 0 aromatic heterocycles. The second-order valence-corrected chi connectivity index (χ2v) is 12.5. The van der Waals surface area contributed by atoms with E-state index in [4.69, 9.17) is 4.99 Å². The number of halogens is 1. The summed E-state index contributed by atoms with van der Waals surface area (Å²) in [5, 5.41) is 15.2. The van der Waals surface area contributed by atoms with E-state index in [2.05, 4.69) is 44.3 Å². The maximum Gasteiger partial charge on any atom is 0.329 e. The van der Waals surface area contributed by atoms with Crippen LogP contribution in [0.5, 0.6) is 0 Å². The van der Waals surface area contributed by atoms with E-state index in [1.165, 1.54) is 11.1 Å². The van der Waals surface area contributed by atoms with Crippen molar-refractivity contribution in [3.63, 3.8) is 0 Å². The molecule has 45 heavy (non-hydrogen) atoms. The number of aliphatic carboxylic acids is 1. The Morgan fingerprint density at radius 3 is 2.38 bits per heavy atom. The third-order valence-electron chi connectivity index (χ3n) is 8.69. The molecule has 4 aromatic rings. The van der Waals surface area contributed by atoms with Crippen LogP contribution in [0.1, 0.15) is 59.4 Å². The van der Waals surface area contributed by atoms with Gasteiger partial charge in [-0.05, 0) is 73.0 Å². The van der Waals surface area contributed by atoms with E-state index in [0.717, 1.165) is 54.2 Å². The number of nitrogens with zero attached hydrogens (tertiary/aromatic N) is 3. The molecule has 234 valence electrons. The van der Waals surface area contributed by atoms with Crippen LogP contribution in [-0.2, 0) is 39.0 Å². The molecule has 0 saturated carbocycles. The molecule has 1 aliphatic carbocycles. The third-order valence-corrected chi connectivity index (χ3v) is 9.18. The largest absolute Gasteiger partial charge is 0.625 e. The van der Waals surface area contributed by atoms with Crippen molar-refractivity contribution in [2.45, 2.75) is 56.7 Å². The molecule has 1 heterocycles. The molecule has 2 aliphatic rings. The molecule has 1 aliphatic heterocycles. The van der Waals surface area contributed by atoms with E-state index in [9.17, 15) is 14.7 Å². The maximum atomic E-state index is 13.7. The van der Waals surface area contributed by atoms with Gasteiger partial charge in [-0.3, -0.25) is 9.89 Å². The Balaban J connectivity index is 0.00000400. The van der Waals surface area contributed by atoms with Crippen LogP contribution in [-0.4, -0.2) is 46.2 Å². The quantitative estimate of drug-likeness (QED) is 0.141. The molecule has 1 N–H and O–H groups in total. The molecular formula is C37H35BrN3NiO3-. The Morgan fingerprint density at radius 2 is 1.62 bits per heavy atom. The van der Waals surface area contributed by atoms with Crippen LogP contribution >= 0.6 is 15.9 Å². The standard InChI is InChI=1S/C37H36BrN3O3.Ni/c38-28-21-20-26-15-9-17-29(31(26)23-28)35(37(43)44)40-34(27-13-5-2-6-14-27)30-16-7-8-18-32(30)39-36(42)33-19-10-22-41(33)24-25-11-3-1-4-12-25;/h1-8,11-14,16,18,20-21,23,29,33,35H,9-10,15,17,19,22,24H2,(H2,39,40,42,43,44);/p-1/t29-,33+,35+;/m1./s1. The minimum Gasteiger partial charge on any atom is -0.625 e. The number of carboxylic acid groups (broad SMARTS) is 1. The van der Waals surface area contributed by atoms with Crippen LogP contribution in [0.15, 0.2) is 113 Å². The summed E-state index contributed by atoms with van der Waals surface area (Å²) in [6.45, 7) is 1.54. The summed E-state index contributed by atoms with van der Waals surface area (Å²) < 4.78 is 0.926. The number of amides is 1. The molecule has 0 bridgehead atoms. The van der Waals surface area contributed by atoms with Crippen LogP contribution in [0.3, 0.4) is 0 Å². The Bertz CT molecular complexity index is 1660. The molecule has 1 saturated heterocycles. The van der Waals surface area contributed by atoms with Crippen molar-refractivity contribution >= 4 is 39.2 Å². The minimum absolute atomic E-state index is 0. The van der Waals surface area contributed by atoms with Crippen molar-refractivity contribution in [2.75, 3.05) is 6.54 Å². The van der Waals surface area contributed by atoms with Gasteiger partial charge in [-0.1, -0.05) is 107 Å². The number of likely N-dealkylation sites (tertiary alicyclic amines) is 1. The van der Waals surface area contributed by atoms with Crippen molar-refractivity contribution in [3.8, 4) is 0 Å². The number of carbonyl (C=O) groups is 2. The molecule has 0 unspecified atom stereocenters. The predicted molar refractivity (Wildman–Crippen MR) is 178 cm³/mol. The Morgan fingerprint density at radius 1 is 0.911 bits per heavy atom. The first-order valence-electron chi connectivity index (χ1n) is 15.3. The second-order valence-electron chi connectivity index (χ2n) is 11.5. The van der Waals surface area contributed by atoms with E-state index in [-0.39, 0.29) is 34.4 Å². The zero-order chi connectivity index (χ0) is 30.5. The van der Waals surface area contributed by atoms with E-state index >= 15 is 0 Å². The number of fused-ring (bicyclic) bond motifs is 1. The molecule has 8 heteroatoms. The van der Waals surface area contributed by atoms with Gasteiger partial charge in [-0.2, -0.15) is 0 Å². The Labute approximate surface area is 283 Å². The summed E-state index contributed by atoms with van der Waals surface area (Å²) in [5.74, 6) is -1.42. The topological polar surface area (TPSA) is 84.1 Å². The molecule has 6 rings (SSSR count). The zero-order valence-electron chi connectivity index (χ0n) is 24.8. The van der Waals surface area contributed by atoms with Crippen LogP contribution in [0, 0.1) is 0 Å². The SMILES string of the molecule is O=C(O)[C@@H](N=C(c1ccccc1)c1ccccc1[N-]C(=O)[C@@H]1CCCN1Cc1ccccc1)[C@@H]1CCCc2ccc(Br)cc21.[Ni]. The van der Waals surface area contributed by atoms with Gasteiger partial charge in [-0.15, -0.1) is 5.69 Å². The summed E-state index contributed by atoms with van der Waals surface area (Å²) in [6, 6.07) is 32.1. The monoisotopic (exact) mass is 706 g/mol. The van der Waals surface area contributed by atoms with Crippen LogP contribution in [0.2, 0.25) is 0 Å². The fourth-order valence-corrected chi connectivity index (χ4v) is 6.94. The van der Waals surface area contributed by atoms with Crippen molar-refractivity contribution in [2.24, 2.45) is 4.99 Å². The fraction of sp³-hybridized carbons (Fsp3) is 0.270. The van der Waals surface area contributed by atoms with Gasteiger partial charge in [-0.25, -0.2) is 4.79 Å². The summed E-state index contributed by atoms with van der Waals surface area (Å²) >= 11 is 3.58. The fourth-order valence-electron chi connectivity index (χ4n) is 6.56. The van der Waals surface area contributed by atoms with E-state index in [1.807, 2.05) is 84.9 Å². The molecule has 3 atom stereocenters. The summed E-state index contributed by atoms with van der Waals surface area (Å²) in [5.41, 5.74) is 5.83. The normalized spacial score (nSPS) is 18.8. The van der Waals surface area contributed by atoms with Crippen LogP contribution in [0.25, 0.3) is 5.32 Å². The van der Waals surface area contributed by atoms with E-state index < -0.39 is 12.0 Å². The second kappa shape index (κ2) is 15.1. The predicted octanol–water partition coefficient (Wildman–Crippen LogP) is 8.05. The van der Waals surface area contributed by atoms with Gasteiger partial charge >= 0.3 is 5.97 Å². The number of carboxylic acids is 1. The third kappa shape index (κ3) is 7.63. The van der Waals surface area contributed by atoms with Crippen LogP contribution < -0.4 is 0 Å². The first kappa shape index (κ1) is 32.8. The Kier molecular flexibility index (Phi) is 11.0. The molecule has 6 nitrogen and oxygen atoms in total.